The van der Waals surface area contributed by atoms with E-state index >= 15 is 9.13 Å². The van der Waals surface area contributed by atoms with Crippen molar-refractivity contribution in [1.82, 2.24) is 0 Å². The van der Waals surface area contributed by atoms with E-state index in [9.17, 15) is 0 Å². The Morgan fingerprint density at radius 1 is 0.353 bits per heavy atom. The Labute approximate surface area is 306 Å². The molecule has 0 amide bonds. The van der Waals surface area contributed by atoms with Gasteiger partial charge in [0.15, 0.2) is 22.4 Å². The fourth-order valence-electron chi connectivity index (χ4n) is 8.42. The number of rotatable bonds is 6. The summed E-state index contributed by atoms with van der Waals surface area (Å²) in [6, 6.07) is 57.7. The molecular formula is C44H30O2P2S2Si. The molecule has 8 aromatic rings. The molecule has 0 N–H and O–H groups in total. The molecule has 0 aliphatic carbocycles. The second-order valence-electron chi connectivity index (χ2n) is 13.1. The van der Waals surface area contributed by atoms with Gasteiger partial charge in [0.25, 0.3) is 0 Å². The Morgan fingerprint density at radius 2 is 0.686 bits per heavy atom. The summed E-state index contributed by atoms with van der Waals surface area (Å²) >= 11 is 3.62. The molecule has 0 saturated heterocycles. The van der Waals surface area contributed by atoms with Gasteiger partial charge in [-0.05, 0) is 54.8 Å². The molecule has 0 fully saturated rings. The van der Waals surface area contributed by atoms with Crippen molar-refractivity contribution in [3.63, 3.8) is 0 Å². The van der Waals surface area contributed by atoms with E-state index in [4.69, 9.17) is 0 Å². The molecule has 7 heteroatoms. The number of hydrogen-bond donors (Lipinski definition) is 0. The zero-order valence-electron chi connectivity index (χ0n) is 27.3. The maximum absolute atomic E-state index is 15.8. The van der Waals surface area contributed by atoms with E-state index in [2.05, 4.69) is 59.3 Å². The highest BCUT2D eigenvalue weighted by Gasteiger charge is 2.56. The van der Waals surface area contributed by atoms with Crippen molar-refractivity contribution in [2.75, 3.05) is 0 Å². The molecule has 2 nitrogen and oxygen atoms in total. The molecule has 6 aromatic carbocycles. The number of thiophene rings is 2. The second kappa shape index (κ2) is 11.7. The molecule has 2 aromatic heterocycles. The first-order valence-corrected chi connectivity index (χ1v) is 24.1. The van der Waals surface area contributed by atoms with Crippen LogP contribution in [0.2, 0.25) is 0 Å². The van der Waals surface area contributed by atoms with Crippen LogP contribution in [0.4, 0.5) is 0 Å². The predicted molar refractivity (Wildman–Crippen MR) is 223 cm³/mol. The molecule has 0 atom stereocenters. The summed E-state index contributed by atoms with van der Waals surface area (Å²) in [6.07, 6.45) is 0. The van der Waals surface area contributed by atoms with E-state index in [0.717, 1.165) is 31.8 Å². The van der Waals surface area contributed by atoms with Crippen LogP contribution in [0, 0.1) is 0 Å². The summed E-state index contributed by atoms with van der Waals surface area (Å²) in [7, 11) is -9.36. The van der Waals surface area contributed by atoms with Gasteiger partial charge in [-0.15, -0.1) is 22.7 Å². The Kier molecular flexibility index (Phi) is 7.16. The molecule has 4 heterocycles. The maximum atomic E-state index is 15.8. The van der Waals surface area contributed by atoms with Crippen molar-refractivity contribution >= 4 is 97.6 Å². The van der Waals surface area contributed by atoms with Crippen LogP contribution in [0.5, 0.6) is 0 Å². The molecule has 0 unspecified atom stereocenters. The Morgan fingerprint density at radius 3 is 1.02 bits per heavy atom. The largest absolute Gasteiger partial charge is 0.309 e. The summed E-state index contributed by atoms with van der Waals surface area (Å²) in [5, 5.41) is 14.8. The average molecular weight is 745 g/mol. The molecule has 2 aliphatic heterocycles. The monoisotopic (exact) mass is 744 g/mol. The lowest BCUT2D eigenvalue weighted by Gasteiger charge is -2.28. The van der Waals surface area contributed by atoms with E-state index < -0.39 is 22.4 Å². The van der Waals surface area contributed by atoms with Crippen molar-refractivity contribution in [2.24, 2.45) is 0 Å². The topological polar surface area (TPSA) is 34.1 Å². The average Bonchev–Trinajstić information content (AvgIpc) is 3.99. The molecule has 51 heavy (non-hydrogen) atoms. The fourth-order valence-corrected chi connectivity index (χ4v) is 22.8. The summed E-state index contributed by atoms with van der Waals surface area (Å²) in [5.74, 6) is 0. The standard InChI is InChI=1S/C44H30O2P2S2Si/c45-47(31-13-5-1-6-14-31,32-15-7-2-8-16-32)35-21-23-37-38-24-22-36(48(46,33-17-9-3-10-18-33)34-19-11-4-12-20-34)30-42(38)51(41(37)29-35)39-25-27-49-43(39)44-40(51)26-28-50-44/h1-30H. The minimum absolute atomic E-state index is 0.829. The molecule has 0 bridgehead atoms. The second-order valence-corrected chi connectivity index (χ2v) is 24.1. The van der Waals surface area contributed by atoms with Crippen LogP contribution in [-0.2, 0) is 9.13 Å². The lowest BCUT2D eigenvalue weighted by molar-refractivity contribution is 0.591. The first-order chi connectivity index (χ1) is 25.1. The summed E-state index contributed by atoms with van der Waals surface area (Å²) in [5.41, 5.74) is 2.37. The highest BCUT2D eigenvalue weighted by atomic mass is 32.1. The molecule has 1 spiro atoms. The number of hydrogen-bond acceptors (Lipinski definition) is 4. The lowest BCUT2D eigenvalue weighted by atomic mass is 10.1. The van der Waals surface area contributed by atoms with Gasteiger partial charge in [-0.25, -0.2) is 0 Å². The van der Waals surface area contributed by atoms with Gasteiger partial charge in [0.1, 0.15) is 0 Å². The van der Waals surface area contributed by atoms with Crippen LogP contribution in [0.15, 0.2) is 181 Å². The lowest BCUT2D eigenvalue weighted by Crippen LogP contribution is -2.71. The Bertz CT molecular complexity index is 2430. The smallest absolute Gasteiger partial charge is 0.183 e. The molecule has 244 valence electrons. The molecule has 0 saturated carbocycles. The van der Waals surface area contributed by atoms with E-state index in [1.165, 1.54) is 41.6 Å². The molecule has 0 radical (unpaired) electrons. The molecular weight excluding hydrogens is 715 g/mol. The first-order valence-electron chi connectivity index (χ1n) is 16.9. The van der Waals surface area contributed by atoms with Crippen LogP contribution in [0.3, 0.4) is 0 Å². The van der Waals surface area contributed by atoms with E-state index in [1.54, 1.807) is 0 Å². The van der Waals surface area contributed by atoms with Crippen LogP contribution in [0.1, 0.15) is 0 Å². The van der Waals surface area contributed by atoms with Gasteiger partial charge < -0.3 is 9.13 Å². The van der Waals surface area contributed by atoms with E-state index in [1.807, 2.05) is 144 Å². The van der Waals surface area contributed by atoms with Crippen molar-refractivity contribution in [3.8, 4) is 20.9 Å². The molecule has 10 rings (SSSR count). The SMILES string of the molecule is O=P(c1ccccc1)(c1ccccc1)c1ccc2c(c1)[Si]1(c3cc(P(=O)(c4ccccc4)c4ccccc4)ccc3-2)c2ccsc2-c2sccc21. The fraction of sp³-hybridized carbons (Fsp3) is 0. The molecule has 2 aliphatic rings. The van der Waals surface area contributed by atoms with Crippen LogP contribution in [-0.4, -0.2) is 8.07 Å². The van der Waals surface area contributed by atoms with E-state index in [-0.39, 0.29) is 0 Å². The van der Waals surface area contributed by atoms with Gasteiger partial charge in [0, 0.05) is 41.6 Å². The van der Waals surface area contributed by atoms with Gasteiger partial charge in [-0.3, -0.25) is 0 Å². The van der Waals surface area contributed by atoms with Gasteiger partial charge in [-0.1, -0.05) is 158 Å². The van der Waals surface area contributed by atoms with Gasteiger partial charge in [0.05, 0.1) is 0 Å². The van der Waals surface area contributed by atoms with E-state index in [0.29, 0.717) is 0 Å². The normalized spacial score (nSPS) is 13.8. The van der Waals surface area contributed by atoms with Gasteiger partial charge >= 0.3 is 0 Å². The van der Waals surface area contributed by atoms with Crippen molar-refractivity contribution in [1.29, 1.82) is 0 Å². The minimum Gasteiger partial charge on any atom is -0.309 e. The summed E-state index contributed by atoms with van der Waals surface area (Å²) in [6.45, 7) is 0. The van der Waals surface area contributed by atoms with Crippen molar-refractivity contribution in [2.45, 2.75) is 0 Å². The van der Waals surface area contributed by atoms with Crippen LogP contribution < -0.4 is 52.6 Å². The minimum atomic E-state index is -3.23. The first kappa shape index (κ1) is 31.2. The zero-order chi connectivity index (χ0) is 34.2. The van der Waals surface area contributed by atoms with Gasteiger partial charge in [0.2, 0.25) is 0 Å². The predicted octanol–water partition coefficient (Wildman–Crippen LogP) is 6.43. The maximum Gasteiger partial charge on any atom is 0.183 e. The number of fused-ring (bicyclic) bond motifs is 10. The van der Waals surface area contributed by atoms with Crippen molar-refractivity contribution < 1.29 is 9.13 Å². The third kappa shape index (κ3) is 4.28. The zero-order valence-corrected chi connectivity index (χ0v) is 31.8. The van der Waals surface area contributed by atoms with Crippen LogP contribution in [0.25, 0.3) is 20.9 Å². The Hall–Kier alpha value is -4.60. The highest BCUT2D eigenvalue weighted by Crippen LogP contribution is 2.46. The summed E-state index contributed by atoms with van der Waals surface area (Å²) in [4.78, 5) is 2.68. The summed E-state index contributed by atoms with van der Waals surface area (Å²) < 4.78 is 31.5. The third-order valence-corrected chi connectivity index (χ3v) is 24.0. The quantitative estimate of drug-likeness (QED) is 0.146. The highest BCUT2D eigenvalue weighted by molar-refractivity contribution is 7.85. The third-order valence-electron chi connectivity index (χ3n) is 10.7. The van der Waals surface area contributed by atoms with Crippen molar-refractivity contribution in [3.05, 3.63) is 181 Å². The van der Waals surface area contributed by atoms with Gasteiger partial charge in [-0.2, -0.15) is 0 Å². The van der Waals surface area contributed by atoms with Crippen LogP contribution >= 0.6 is 37.0 Å². The Balaban J connectivity index is 1.28. The number of benzene rings is 6.